The van der Waals surface area contributed by atoms with Crippen molar-refractivity contribution in [2.75, 3.05) is 30.9 Å². The lowest BCUT2D eigenvalue weighted by atomic mass is 10.1. The molecule has 6 heteroatoms. The van der Waals surface area contributed by atoms with Crippen LogP contribution in [-0.4, -0.2) is 40.2 Å². The van der Waals surface area contributed by atoms with Crippen LogP contribution in [0.4, 0.5) is 11.5 Å². The lowest BCUT2D eigenvalue weighted by Crippen LogP contribution is -2.09. The zero-order valence-electron chi connectivity index (χ0n) is 15.5. The number of aromatic nitrogens is 4. The van der Waals surface area contributed by atoms with Crippen molar-refractivity contribution >= 4 is 17.2 Å². The molecule has 0 saturated carbocycles. The fraction of sp³-hybridized carbons (Fsp3) is 0.190. The number of fused-ring (bicyclic) bond motifs is 1. The summed E-state index contributed by atoms with van der Waals surface area (Å²) < 4.78 is 1.88. The maximum atomic E-state index is 4.71. The number of imidazole rings is 1. The minimum Gasteiger partial charge on any atom is -0.378 e. The quantitative estimate of drug-likeness (QED) is 0.572. The molecule has 1 N–H and O–H groups in total. The van der Waals surface area contributed by atoms with Crippen molar-refractivity contribution in [2.24, 2.45) is 0 Å². The lowest BCUT2D eigenvalue weighted by molar-refractivity contribution is 0.907. The molecule has 0 saturated heterocycles. The third kappa shape index (κ3) is 3.74. The van der Waals surface area contributed by atoms with Crippen LogP contribution >= 0.6 is 0 Å². The first kappa shape index (κ1) is 17.0. The van der Waals surface area contributed by atoms with Crippen LogP contribution in [0.15, 0.2) is 67.0 Å². The fourth-order valence-electron chi connectivity index (χ4n) is 2.96. The summed E-state index contributed by atoms with van der Waals surface area (Å²) in [5.74, 6) is 0.822. The zero-order chi connectivity index (χ0) is 18.6. The summed E-state index contributed by atoms with van der Waals surface area (Å²) in [6, 6.07) is 18.3. The molecule has 3 aromatic heterocycles. The number of nitrogens with one attached hydrogen (secondary N) is 1. The predicted octanol–water partition coefficient (Wildman–Crippen LogP) is 3.51. The Morgan fingerprint density at radius 3 is 2.56 bits per heavy atom. The van der Waals surface area contributed by atoms with Gasteiger partial charge in [0.1, 0.15) is 5.82 Å². The van der Waals surface area contributed by atoms with Gasteiger partial charge in [-0.25, -0.2) is 9.50 Å². The van der Waals surface area contributed by atoms with Gasteiger partial charge < -0.3 is 10.2 Å². The second kappa shape index (κ2) is 7.45. The maximum absolute atomic E-state index is 4.71. The van der Waals surface area contributed by atoms with Crippen LogP contribution in [0.5, 0.6) is 0 Å². The first-order valence-corrected chi connectivity index (χ1v) is 8.97. The third-order valence-corrected chi connectivity index (χ3v) is 4.46. The molecule has 0 radical (unpaired) electrons. The van der Waals surface area contributed by atoms with E-state index in [1.54, 1.807) is 0 Å². The highest BCUT2D eigenvalue weighted by molar-refractivity contribution is 5.66. The van der Waals surface area contributed by atoms with Gasteiger partial charge in [0.05, 0.1) is 11.9 Å². The van der Waals surface area contributed by atoms with E-state index in [1.807, 2.05) is 61.3 Å². The molecule has 0 atom stereocenters. The van der Waals surface area contributed by atoms with Crippen molar-refractivity contribution in [2.45, 2.75) is 6.42 Å². The highest BCUT2D eigenvalue weighted by Crippen LogP contribution is 2.23. The van der Waals surface area contributed by atoms with Gasteiger partial charge in [0.2, 0.25) is 0 Å². The van der Waals surface area contributed by atoms with Crippen LogP contribution in [0.25, 0.3) is 16.9 Å². The first-order chi connectivity index (χ1) is 13.2. The topological polar surface area (TPSA) is 58.4 Å². The number of nitrogens with zero attached hydrogens (tertiary/aromatic N) is 5. The van der Waals surface area contributed by atoms with E-state index < -0.39 is 0 Å². The van der Waals surface area contributed by atoms with Crippen molar-refractivity contribution in [1.82, 2.24) is 19.6 Å². The normalized spacial score (nSPS) is 10.9. The van der Waals surface area contributed by atoms with E-state index >= 15 is 0 Å². The summed E-state index contributed by atoms with van der Waals surface area (Å²) in [5, 5.41) is 8.08. The SMILES string of the molecule is CN(C)c1ccc(-c2cnc3ccc(NCCc4ccccn4)nn23)cc1. The van der Waals surface area contributed by atoms with Gasteiger partial charge in [-0.2, -0.15) is 0 Å². The van der Waals surface area contributed by atoms with Gasteiger partial charge in [-0.15, -0.1) is 5.10 Å². The number of anilines is 2. The summed E-state index contributed by atoms with van der Waals surface area (Å²) in [4.78, 5) is 10.9. The Hall–Kier alpha value is -3.41. The summed E-state index contributed by atoms with van der Waals surface area (Å²) >= 11 is 0. The largest absolute Gasteiger partial charge is 0.378 e. The Kier molecular flexibility index (Phi) is 4.70. The Bertz CT molecular complexity index is 1020. The Labute approximate surface area is 158 Å². The van der Waals surface area contributed by atoms with Crippen LogP contribution in [0.1, 0.15) is 5.69 Å². The van der Waals surface area contributed by atoms with Crippen molar-refractivity contribution in [3.05, 3.63) is 72.7 Å². The molecule has 0 spiro atoms. The summed E-state index contributed by atoms with van der Waals surface area (Å²) in [6.07, 6.45) is 4.53. The fourth-order valence-corrected chi connectivity index (χ4v) is 2.96. The molecule has 0 aliphatic carbocycles. The monoisotopic (exact) mass is 358 g/mol. The van der Waals surface area contributed by atoms with E-state index in [2.05, 4.69) is 44.5 Å². The second-order valence-electron chi connectivity index (χ2n) is 6.57. The van der Waals surface area contributed by atoms with E-state index in [1.165, 1.54) is 0 Å². The molecule has 3 heterocycles. The van der Waals surface area contributed by atoms with Gasteiger partial charge in [-0.1, -0.05) is 18.2 Å². The average molecular weight is 358 g/mol. The molecule has 6 nitrogen and oxygen atoms in total. The predicted molar refractivity (Wildman–Crippen MR) is 109 cm³/mol. The summed E-state index contributed by atoms with van der Waals surface area (Å²) in [7, 11) is 4.07. The van der Waals surface area contributed by atoms with Crippen molar-refractivity contribution in [1.29, 1.82) is 0 Å². The Morgan fingerprint density at radius 2 is 1.81 bits per heavy atom. The standard InChI is InChI=1S/C21H22N6/c1-26(2)18-8-6-16(7-9-18)19-15-24-21-11-10-20(25-27(19)21)23-14-12-17-5-3-4-13-22-17/h3-11,13,15H,12,14H2,1-2H3,(H,23,25). The average Bonchev–Trinajstić information content (AvgIpc) is 3.12. The van der Waals surface area contributed by atoms with Crippen LogP contribution in [-0.2, 0) is 6.42 Å². The van der Waals surface area contributed by atoms with Gasteiger partial charge in [-0.3, -0.25) is 4.98 Å². The van der Waals surface area contributed by atoms with Crippen LogP contribution in [0.3, 0.4) is 0 Å². The van der Waals surface area contributed by atoms with Gasteiger partial charge in [0.25, 0.3) is 0 Å². The lowest BCUT2D eigenvalue weighted by Gasteiger charge is -2.12. The van der Waals surface area contributed by atoms with E-state index in [4.69, 9.17) is 5.10 Å². The van der Waals surface area contributed by atoms with Crippen molar-refractivity contribution < 1.29 is 0 Å². The number of pyridine rings is 1. The Morgan fingerprint density at radius 1 is 0.963 bits per heavy atom. The van der Waals surface area contributed by atoms with Crippen LogP contribution in [0.2, 0.25) is 0 Å². The highest BCUT2D eigenvalue weighted by atomic mass is 15.3. The number of rotatable bonds is 6. The molecular formula is C21H22N6. The minimum atomic E-state index is 0.775. The molecular weight excluding hydrogens is 336 g/mol. The van der Waals surface area contributed by atoms with Gasteiger partial charge in [0, 0.05) is 50.2 Å². The third-order valence-electron chi connectivity index (χ3n) is 4.46. The maximum Gasteiger partial charge on any atom is 0.154 e. The van der Waals surface area contributed by atoms with Crippen molar-refractivity contribution in [3.63, 3.8) is 0 Å². The molecule has 0 bridgehead atoms. The van der Waals surface area contributed by atoms with Crippen LogP contribution < -0.4 is 10.2 Å². The smallest absolute Gasteiger partial charge is 0.154 e. The molecule has 0 aliphatic heterocycles. The van der Waals surface area contributed by atoms with E-state index in [0.717, 1.165) is 47.1 Å². The van der Waals surface area contributed by atoms with E-state index in [-0.39, 0.29) is 0 Å². The summed E-state index contributed by atoms with van der Waals surface area (Å²) in [6.45, 7) is 0.775. The zero-order valence-corrected chi connectivity index (χ0v) is 15.5. The molecule has 136 valence electrons. The molecule has 27 heavy (non-hydrogen) atoms. The molecule has 1 aromatic carbocycles. The second-order valence-corrected chi connectivity index (χ2v) is 6.57. The molecule has 0 fully saturated rings. The molecule has 4 rings (SSSR count). The summed E-state index contributed by atoms with van der Waals surface area (Å²) in [5.41, 5.74) is 5.12. The van der Waals surface area contributed by atoms with Crippen molar-refractivity contribution in [3.8, 4) is 11.3 Å². The minimum absolute atomic E-state index is 0.775. The van der Waals surface area contributed by atoms with Crippen LogP contribution in [0, 0.1) is 0 Å². The molecule has 4 aromatic rings. The number of hydrogen-bond acceptors (Lipinski definition) is 5. The van der Waals surface area contributed by atoms with E-state index in [0.29, 0.717) is 0 Å². The molecule has 0 unspecified atom stereocenters. The highest BCUT2D eigenvalue weighted by Gasteiger charge is 2.08. The van der Waals surface area contributed by atoms with E-state index in [9.17, 15) is 0 Å². The Balaban J connectivity index is 1.54. The van der Waals surface area contributed by atoms with Gasteiger partial charge >= 0.3 is 0 Å². The number of benzene rings is 1. The first-order valence-electron chi connectivity index (χ1n) is 8.97. The van der Waals surface area contributed by atoms with Gasteiger partial charge in [-0.05, 0) is 36.4 Å². The molecule has 0 amide bonds. The van der Waals surface area contributed by atoms with Gasteiger partial charge in [0.15, 0.2) is 5.65 Å². The molecule has 0 aliphatic rings. The number of hydrogen-bond donors (Lipinski definition) is 1.